The number of rotatable bonds is 2. The number of hydrogen-bond acceptors (Lipinski definition) is 3. The van der Waals surface area contributed by atoms with E-state index in [1.807, 2.05) is 53.9 Å². The van der Waals surface area contributed by atoms with Gasteiger partial charge in [-0.2, -0.15) is 5.26 Å². The Bertz CT molecular complexity index is 912. The van der Waals surface area contributed by atoms with E-state index in [0.717, 1.165) is 22.4 Å². The van der Waals surface area contributed by atoms with Crippen LogP contribution in [-0.4, -0.2) is 23.6 Å². The van der Waals surface area contributed by atoms with Gasteiger partial charge in [0.1, 0.15) is 0 Å². The highest BCUT2D eigenvalue weighted by atomic mass is 32.1. The molecule has 21 heavy (non-hydrogen) atoms. The molecule has 0 aliphatic heterocycles. The van der Waals surface area contributed by atoms with Crippen LogP contribution in [0.4, 0.5) is 5.69 Å². The van der Waals surface area contributed by atoms with Crippen LogP contribution in [0, 0.1) is 16.1 Å². The van der Waals surface area contributed by atoms with E-state index < -0.39 is 0 Å². The summed E-state index contributed by atoms with van der Waals surface area (Å²) in [6, 6.07) is 15.8. The van der Waals surface area contributed by atoms with Crippen LogP contribution in [0.3, 0.4) is 0 Å². The molecule has 0 saturated carbocycles. The van der Waals surface area contributed by atoms with E-state index in [-0.39, 0.29) is 0 Å². The fourth-order valence-corrected chi connectivity index (χ4v) is 2.65. The molecule has 0 saturated heterocycles. The fraction of sp³-hybridized carbons (Fsp3) is 0.125. The van der Waals surface area contributed by atoms with Crippen molar-refractivity contribution in [3.05, 3.63) is 52.8 Å². The van der Waals surface area contributed by atoms with Crippen molar-refractivity contribution in [1.82, 2.24) is 9.55 Å². The number of nitrogens with one attached hydrogen (secondary N) is 1. The van der Waals surface area contributed by atoms with Crippen LogP contribution in [0.2, 0.25) is 0 Å². The Morgan fingerprint density at radius 2 is 2.00 bits per heavy atom. The van der Waals surface area contributed by atoms with Gasteiger partial charge >= 0.3 is 0 Å². The highest BCUT2D eigenvalue weighted by molar-refractivity contribution is 7.71. The molecule has 104 valence electrons. The maximum Gasteiger partial charge on any atom is 0.182 e. The van der Waals surface area contributed by atoms with Crippen molar-refractivity contribution in [2.45, 2.75) is 0 Å². The van der Waals surface area contributed by atoms with Gasteiger partial charge < -0.3 is 9.88 Å². The molecule has 0 spiro atoms. The topological polar surface area (TPSA) is 47.8 Å². The Balaban J connectivity index is 2.29. The first-order valence-electron chi connectivity index (χ1n) is 6.53. The summed E-state index contributed by atoms with van der Waals surface area (Å²) in [5, 5.41) is 9.08. The normalized spacial score (nSPS) is 10.5. The van der Waals surface area contributed by atoms with E-state index in [4.69, 9.17) is 17.5 Å². The van der Waals surface area contributed by atoms with Gasteiger partial charge in [0.15, 0.2) is 4.77 Å². The molecule has 1 N–H and O–H groups in total. The zero-order valence-electron chi connectivity index (χ0n) is 11.8. The van der Waals surface area contributed by atoms with Crippen molar-refractivity contribution in [3.63, 3.8) is 0 Å². The molecule has 0 unspecified atom stereocenters. The van der Waals surface area contributed by atoms with E-state index in [1.54, 1.807) is 6.07 Å². The monoisotopic (exact) mass is 294 g/mol. The lowest BCUT2D eigenvalue weighted by Crippen LogP contribution is -2.09. The average molecular weight is 294 g/mol. The van der Waals surface area contributed by atoms with Crippen molar-refractivity contribution in [3.8, 4) is 11.8 Å². The minimum absolute atomic E-state index is 0.619. The molecule has 0 radical (unpaired) electrons. The van der Waals surface area contributed by atoms with Crippen LogP contribution in [0.5, 0.6) is 0 Å². The maximum atomic E-state index is 9.08. The number of aromatic amines is 1. The van der Waals surface area contributed by atoms with E-state index in [1.165, 1.54) is 0 Å². The van der Waals surface area contributed by atoms with Crippen molar-refractivity contribution in [1.29, 1.82) is 5.26 Å². The number of imidazole rings is 1. The summed E-state index contributed by atoms with van der Waals surface area (Å²) in [4.78, 5) is 5.22. The molecule has 1 aromatic heterocycles. The molecule has 3 rings (SSSR count). The first kappa shape index (κ1) is 13.4. The van der Waals surface area contributed by atoms with Crippen LogP contribution < -0.4 is 4.90 Å². The quantitative estimate of drug-likeness (QED) is 0.734. The fourth-order valence-electron chi connectivity index (χ4n) is 2.34. The largest absolute Gasteiger partial charge is 0.378 e. The number of benzene rings is 2. The lowest BCUT2D eigenvalue weighted by Gasteiger charge is -2.14. The van der Waals surface area contributed by atoms with Gasteiger partial charge in [0.25, 0.3) is 0 Å². The Labute approximate surface area is 127 Å². The van der Waals surface area contributed by atoms with Gasteiger partial charge in [0.05, 0.1) is 28.4 Å². The van der Waals surface area contributed by atoms with Gasteiger partial charge in [0, 0.05) is 19.8 Å². The third-order valence-electron chi connectivity index (χ3n) is 3.42. The zero-order valence-corrected chi connectivity index (χ0v) is 12.6. The molecule has 0 aliphatic rings. The van der Waals surface area contributed by atoms with Crippen LogP contribution in [-0.2, 0) is 0 Å². The van der Waals surface area contributed by atoms with Crippen molar-refractivity contribution >= 4 is 28.9 Å². The molecule has 5 heteroatoms. The smallest absolute Gasteiger partial charge is 0.182 e. The Hall–Kier alpha value is -2.58. The average Bonchev–Trinajstić information content (AvgIpc) is 2.82. The van der Waals surface area contributed by atoms with Crippen LogP contribution in [0.25, 0.3) is 16.7 Å². The molecule has 4 nitrogen and oxygen atoms in total. The van der Waals surface area contributed by atoms with E-state index in [2.05, 4.69) is 17.1 Å². The SMILES string of the molecule is CN(C)c1cccc(-n2c(=S)[nH]c3ccc(C#N)cc32)c1. The van der Waals surface area contributed by atoms with Gasteiger partial charge in [-0.1, -0.05) is 6.07 Å². The van der Waals surface area contributed by atoms with Gasteiger partial charge in [-0.3, -0.25) is 4.57 Å². The van der Waals surface area contributed by atoms with Crippen LogP contribution in [0.15, 0.2) is 42.5 Å². The van der Waals surface area contributed by atoms with Gasteiger partial charge in [-0.25, -0.2) is 0 Å². The molecule has 2 aromatic carbocycles. The highest BCUT2D eigenvalue weighted by Gasteiger charge is 2.08. The van der Waals surface area contributed by atoms with Crippen LogP contribution in [0.1, 0.15) is 5.56 Å². The molecular formula is C16H14N4S. The number of H-pyrrole nitrogens is 1. The first-order valence-corrected chi connectivity index (χ1v) is 6.93. The van der Waals surface area contributed by atoms with E-state index in [9.17, 15) is 0 Å². The number of nitriles is 1. The minimum Gasteiger partial charge on any atom is -0.378 e. The third-order valence-corrected chi connectivity index (χ3v) is 3.70. The molecule has 1 heterocycles. The molecule has 0 amide bonds. The first-order chi connectivity index (χ1) is 10.1. The predicted octanol–water partition coefficient (Wildman–Crippen LogP) is 3.63. The maximum absolute atomic E-state index is 9.08. The molecule has 0 fully saturated rings. The standard InChI is InChI=1S/C16H14N4S/c1-19(2)12-4-3-5-13(9-12)20-15-8-11(10-17)6-7-14(15)18-16(20)21/h3-9H,1-2H3,(H,18,21). The molecule has 0 aliphatic carbocycles. The second kappa shape index (κ2) is 5.08. The summed E-state index contributed by atoms with van der Waals surface area (Å²) in [5.74, 6) is 0. The van der Waals surface area contributed by atoms with E-state index >= 15 is 0 Å². The highest BCUT2D eigenvalue weighted by Crippen LogP contribution is 2.23. The Kier molecular flexibility index (Phi) is 3.24. The van der Waals surface area contributed by atoms with Gasteiger partial charge in [-0.15, -0.1) is 0 Å². The van der Waals surface area contributed by atoms with Crippen molar-refractivity contribution in [2.75, 3.05) is 19.0 Å². The predicted molar refractivity (Wildman–Crippen MR) is 87.5 cm³/mol. The number of aromatic nitrogens is 2. The molecular weight excluding hydrogens is 280 g/mol. The number of fused-ring (bicyclic) bond motifs is 1. The number of nitrogens with zero attached hydrogens (tertiary/aromatic N) is 3. The zero-order chi connectivity index (χ0) is 15.0. The molecule has 0 bridgehead atoms. The minimum atomic E-state index is 0.619. The Morgan fingerprint density at radius 1 is 1.19 bits per heavy atom. The van der Waals surface area contributed by atoms with Crippen molar-refractivity contribution < 1.29 is 0 Å². The summed E-state index contributed by atoms with van der Waals surface area (Å²) >= 11 is 5.43. The second-order valence-corrected chi connectivity index (χ2v) is 5.41. The summed E-state index contributed by atoms with van der Waals surface area (Å²) in [6.07, 6.45) is 0. The van der Waals surface area contributed by atoms with Gasteiger partial charge in [0.2, 0.25) is 0 Å². The lowest BCUT2D eigenvalue weighted by atomic mass is 10.2. The summed E-state index contributed by atoms with van der Waals surface area (Å²) in [7, 11) is 4.00. The summed E-state index contributed by atoms with van der Waals surface area (Å²) in [5.41, 5.74) is 4.53. The third kappa shape index (κ3) is 2.30. The summed E-state index contributed by atoms with van der Waals surface area (Å²) in [6.45, 7) is 0. The van der Waals surface area contributed by atoms with Crippen LogP contribution >= 0.6 is 12.2 Å². The van der Waals surface area contributed by atoms with E-state index in [0.29, 0.717) is 10.3 Å². The summed E-state index contributed by atoms with van der Waals surface area (Å²) < 4.78 is 2.58. The number of anilines is 1. The lowest BCUT2D eigenvalue weighted by molar-refractivity contribution is 1.05. The number of hydrogen-bond donors (Lipinski definition) is 1. The molecule has 0 atom stereocenters. The molecule has 3 aromatic rings. The second-order valence-electron chi connectivity index (χ2n) is 5.02. The van der Waals surface area contributed by atoms with Gasteiger partial charge in [-0.05, 0) is 48.6 Å². The Morgan fingerprint density at radius 3 is 2.71 bits per heavy atom. The van der Waals surface area contributed by atoms with Crippen molar-refractivity contribution in [2.24, 2.45) is 0 Å².